The van der Waals surface area contributed by atoms with Crippen LogP contribution >= 0.6 is 0 Å². The zero-order valence-corrected chi connectivity index (χ0v) is 22.5. The number of hydrogen-bond acceptors (Lipinski definition) is 5. The Hall–Kier alpha value is -3.52. The van der Waals surface area contributed by atoms with Gasteiger partial charge in [0.2, 0.25) is 5.91 Å². The number of piperazine rings is 1. The molecule has 0 bridgehead atoms. The van der Waals surface area contributed by atoms with Crippen molar-refractivity contribution in [3.8, 4) is 11.5 Å². The summed E-state index contributed by atoms with van der Waals surface area (Å²) in [4.78, 5) is 34.6. The summed E-state index contributed by atoms with van der Waals surface area (Å²) < 4.78 is 11.6. The lowest BCUT2D eigenvalue weighted by molar-refractivity contribution is -0.166. The van der Waals surface area contributed by atoms with Crippen LogP contribution in [0.25, 0.3) is 10.9 Å². The topological polar surface area (TPSA) is 95.1 Å². The molecule has 1 fully saturated rings. The molecule has 0 radical (unpaired) electrons. The molecule has 0 aliphatic carbocycles. The molecule has 1 unspecified atom stereocenters. The number of carbonyl (C=O) groups is 2. The van der Waals surface area contributed by atoms with Gasteiger partial charge < -0.3 is 29.4 Å². The summed E-state index contributed by atoms with van der Waals surface area (Å²) in [5.41, 5.74) is 2.66. The van der Waals surface area contributed by atoms with Gasteiger partial charge in [-0.15, -0.1) is 0 Å². The Labute approximate surface area is 223 Å². The van der Waals surface area contributed by atoms with Crippen molar-refractivity contribution in [2.24, 2.45) is 0 Å². The van der Waals surface area contributed by atoms with Gasteiger partial charge in [0, 0.05) is 36.5 Å². The van der Waals surface area contributed by atoms with E-state index in [9.17, 15) is 9.59 Å². The summed E-state index contributed by atoms with van der Waals surface area (Å²) in [6.07, 6.45) is 3.16. The molecule has 2 aliphatic rings. The van der Waals surface area contributed by atoms with Crippen molar-refractivity contribution in [1.82, 2.24) is 14.8 Å². The van der Waals surface area contributed by atoms with Crippen LogP contribution in [0.1, 0.15) is 62.3 Å². The number of nitrogens with zero attached hydrogens (tertiary/aromatic N) is 2. The molecule has 8 nitrogen and oxygen atoms in total. The number of unbranched alkanes of at least 4 members (excludes halogenated alkanes) is 2. The van der Waals surface area contributed by atoms with Gasteiger partial charge >= 0.3 is 0 Å². The molecule has 1 aromatic heterocycles. The average molecular weight is 520 g/mol. The lowest BCUT2D eigenvalue weighted by Crippen LogP contribution is -2.67. The highest BCUT2D eigenvalue weighted by molar-refractivity contribution is 6.01. The minimum atomic E-state index is -1.12. The van der Waals surface area contributed by atoms with Crippen LogP contribution in [0.15, 0.2) is 42.5 Å². The predicted octanol–water partition coefficient (Wildman–Crippen LogP) is 4.16. The molecule has 0 saturated carbocycles. The maximum absolute atomic E-state index is 14.0. The molecule has 2 atom stereocenters. The molecule has 38 heavy (non-hydrogen) atoms. The number of hydrogen-bond donors (Lipinski definition) is 2. The lowest BCUT2D eigenvalue weighted by atomic mass is 9.76. The summed E-state index contributed by atoms with van der Waals surface area (Å²) in [5.74, 6) is 1.09. The van der Waals surface area contributed by atoms with E-state index in [1.807, 2.05) is 43.3 Å². The second-order valence-electron chi connectivity index (χ2n) is 10.4. The SMILES string of the molecule is CCCOc1ccc(C2CN3C(=O)CN(CCCCCO)C(=O)[C@]3(C)c3[nH]c4ccccc4c32)cc1OC. The first kappa shape index (κ1) is 26.1. The smallest absolute Gasteiger partial charge is 0.254 e. The highest BCUT2D eigenvalue weighted by atomic mass is 16.5. The first-order chi connectivity index (χ1) is 18.4. The van der Waals surface area contributed by atoms with E-state index < -0.39 is 5.54 Å². The fourth-order valence-electron chi connectivity index (χ4n) is 5.98. The van der Waals surface area contributed by atoms with Gasteiger partial charge in [-0.3, -0.25) is 9.59 Å². The molecule has 3 heterocycles. The Balaban J connectivity index is 1.60. The Morgan fingerprint density at radius 3 is 2.68 bits per heavy atom. The predicted molar refractivity (Wildman–Crippen MR) is 146 cm³/mol. The summed E-state index contributed by atoms with van der Waals surface area (Å²) in [6.45, 7) is 5.64. The second-order valence-corrected chi connectivity index (χ2v) is 10.4. The number of aliphatic hydroxyl groups excluding tert-OH is 1. The van der Waals surface area contributed by atoms with Crippen molar-refractivity contribution in [1.29, 1.82) is 0 Å². The minimum absolute atomic E-state index is 0.0570. The van der Waals surface area contributed by atoms with E-state index in [1.54, 1.807) is 16.9 Å². The number of H-pyrrole nitrogens is 1. The van der Waals surface area contributed by atoms with E-state index in [1.165, 1.54) is 0 Å². The van der Waals surface area contributed by atoms with Crippen LogP contribution < -0.4 is 9.47 Å². The number of benzene rings is 2. The zero-order valence-electron chi connectivity index (χ0n) is 22.5. The van der Waals surface area contributed by atoms with Crippen LogP contribution in [0, 0.1) is 0 Å². The second kappa shape index (κ2) is 10.7. The van der Waals surface area contributed by atoms with Crippen molar-refractivity contribution in [3.05, 3.63) is 59.3 Å². The third kappa shape index (κ3) is 4.30. The number of amides is 2. The summed E-state index contributed by atoms with van der Waals surface area (Å²) in [5, 5.41) is 10.2. The van der Waals surface area contributed by atoms with Crippen LogP contribution in [-0.2, 0) is 15.1 Å². The highest BCUT2D eigenvalue weighted by Crippen LogP contribution is 2.49. The van der Waals surface area contributed by atoms with E-state index in [-0.39, 0.29) is 30.9 Å². The van der Waals surface area contributed by atoms with E-state index in [2.05, 4.69) is 18.0 Å². The van der Waals surface area contributed by atoms with E-state index in [0.717, 1.165) is 47.0 Å². The summed E-state index contributed by atoms with van der Waals surface area (Å²) in [6, 6.07) is 14.0. The maximum Gasteiger partial charge on any atom is 0.254 e. The van der Waals surface area contributed by atoms with Crippen LogP contribution in [0.5, 0.6) is 11.5 Å². The molecule has 1 saturated heterocycles. The number of aliphatic hydroxyl groups is 1. The molecule has 202 valence electrons. The van der Waals surface area contributed by atoms with E-state index >= 15 is 0 Å². The van der Waals surface area contributed by atoms with Crippen molar-refractivity contribution in [3.63, 3.8) is 0 Å². The fraction of sp³-hybridized carbons (Fsp3) is 0.467. The van der Waals surface area contributed by atoms with Gasteiger partial charge in [-0.25, -0.2) is 0 Å². The Morgan fingerprint density at radius 1 is 1.11 bits per heavy atom. The number of aromatic nitrogens is 1. The number of carbonyl (C=O) groups excluding carboxylic acids is 2. The van der Waals surface area contributed by atoms with E-state index in [0.29, 0.717) is 37.6 Å². The van der Waals surface area contributed by atoms with Gasteiger partial charge in [0.25, 0.3) is 5.91 Å². The molecule has 2 aliphatic heterocycles. The largest absolute Gasteiger partial charge is 0.493 e. The van der Waals surface area contributed by atoms with E-state index in [4.69, 9.17) is 14.6 Å². The maximum atomic E-state index is 14.0. The first-order valence-corrected chi connectivity index (χ1v) is 13.6. The minimum Gasteiger partial charge on any atom is -0.493 e. The number of aromatic amines is 1. The molecular formula is C30H37N3O5. The summed E-state index contributed by atoms with van der Waals surface area (Å²) >= 11 is 0. The normalized spacial score (nSPS) is 21.0. The van der Waals surface area contributed by atoms with Crippen LogP contribution in [0.2, 0.25) is 0 Å². The van der Waals surface area contributed by atoms with Gasteiger partial charge in [0.15, 0.2) is 17.0 Å². The van der Waals surface area contributed by atoms with Crippen LogP contribution in [-0.4, -0.2) is 71.7 Å². The van der Waals surface area contributed by atoms with Crippen molar-refractivity contribution in [2.45, 2.75) is 51.0 Å². The van der Waals surface area contributed by atoms with Crippen molar-refractivity contribution < 1.29 is 24.2 Å². The summed E-state index contributed by atoms with van der Waals surface area (Å²) in [7, 11) is 1.63. The quantitative estimate of drug-likeness (QED) is 0.392. The third-order valence-corrected chi connectivity index (χ3v) is 7.96. The number of fused-ring (bicyclic) bond motifs is 5. The number of nitrogens with one attached hydrogen (secondary N) is 1. The van der Waals surface area contributed by atoms with Gasteiger partial charge in [-0.05, 0) is 61.9 Å². The standard InChI is InChI=1S/C30H37N3O5/c1-4-16-38-24-13-12-20(17-25(24)37-3)22-18-33-26(35)19-32(14-8-5-9-15-34)29(36)30(33,2)28-27(22)21-10-6-7-11-23(21)31-28/h6-7,10-13,17,22,31,34H,4-5,8-9,14-16,18-19H2,1-3H3/t22?,30-/m0/s1. The van der Waals surface area contributed by atoms with Gasteiger partial charge in [-0.2, -0.15) is 0 Å². The molecule has 8 heteroatoms. The number of rotatable bonds is 10. The van der Waals surface area contributed by atoms with Crippen LogP contribution in [0.3, 0.4) is 0 Å². The first-order valence-electron chi connectivity index (χ1n) is 13.6. The molecule has 0 spiro atoms. The molecule has 5 rings (SSSR count). The fourth-order valence-corrected chi connectivity index (χ4v) is 5.98. The molecule has 2 amide bonds. The van der Waals surface area contributed by atoms with Gasteiger partial charge in [-0.1, -0.05) is 31.2 Å². The van der Waals surface area contributed by atoms with Gasteiger partial charge in [0.05, 0.1) is 26.0 Å². The molecule has 3 aromatic rings. The van der Waals surface area contributed by atoms with Crippen LogP contribution in [0.4, 0.5) is 0 Å². The Morgan fingerprint density at radius 2 is 1.92 bits per heavy atom. The highest BCUT2D eigenvalue weighted by Gasteiger charge is 2.56. The third-order valence-electron chi connectivity index (χ3n) is 7.96. The van der Waals surface area contributed by atoms with Crippen molar-refractivity contribution in [2.75, 3.05) is 40.0 Å². The van der Waals surface area contributed by atoms with Crippen molar-refractivity contribution >= 4 is 22.7 Å². The Kier molecular flexibility index (Phi) is 7.34. The average Bonchev–Trinajstić information content (AvgIpc) is 3.33. The molecule has 2 aromatic carbocycles. The lowest BCUT2D eigenvalue weighted by Gasteiger charge is -2.51. The number of ether oxygens (including phenoxy) is 2. The Bertz CT molecular complexity index is 1330. The number of methoxy groups -OCH3 is 1. The zero-order chi connectivity index (χ0) is 26.9. The monoisotopic (exact) mass is 519 g/mol. The number of para-hydroxylation sites is 1. The van der Waals surface area contributed by atoms with Gasteiger partial charge in [0.1, 0.15) is 0 Å². The molecular weight excluding hydrogens is 482 g/mol. The molecule has 2 N–H and O–H groups in total.